The van der Waals surface area contributed by atoms with E-state index in [1.807, 2.05) is 25.2 Å². The normalized spacial score (nSPS) is 15.0. The highest BCUT2D eigenvalue weighted by Crippen LogP contribution is 2.30. The topological polar surface area (TPSA) is 41.1 Å². The molecule has 5 heteroatoms. The Bertz CT molecular complexity index is 609. The van der Waals surface area contributed by atoms with E-state index in [4.69, 9.17) is 9.97 Å². The number of anilines is 2. The van der Waals surface area contributed by atoms with Crippen molar-refractivity contribution in [1.82, 2.24) is 9.97 Å². The van der Waals surface area contributed by atoms with Crippen molar-refractivity contribution in [2.24, 2.45) is 0 Å². The molecule has 110 valence electrons. The molecule has 4 nitrogen and oxygen atoms in total. The van der Waals surface area contributed by atoms with E-state index >= 15 is 0 Å². The van der Waals surface area contributed by atoms with Gasteiger partial charge in [0.25, 0.3) is 0 Å². The quantitative estimate of drug-likeness (QED) is 0.805. The van der Waals surface area contributed by atoms with Gasteiger partial charge in [-0.15, -0.1) is 0 Å². The molecule has 1 aliphatic rings. The lowest BCUT2D eigenvalue weighted by Crippen LogP contribution is -2.31. The molecule has 0 amide bonds. The van der Waals surface area contributed by atoms with Crippen molar-refractivity contribution in [3.8, 4) is 11.3 Å². The van der Waals surface area contributed by atoms with Crippen molar-refractivity contribution in [3.05, 3.63) is 33.9 Å². The molecule has 1 aromatic carbocycles. The van der Waals surface area contributed by atoms with Crippen molar-refractivity contribution < 1.29 is 0 Å². The number of rotatable bonds is 3. The van der Waals surface area contributed by atoms with Crippen LogP contribution in [-0.4, -0.2) is 30.1 Å². The molecule has 1 aliphatic heterocycles. The van der Waals surface area contributed by atoms with Gasteiger partial charge < -0.3 is 10.2 Å². The van der Waals surface area contributed by atoms with E-state index in [1.165, 1.54) is 19.3 Å². The van der Waals surface area contributed by atoms with Gasteiger partial charge in [-0.1, -0.05) is 30.3 Å². The molecular weight excluding hydrogens is 375 g/mol. The highest BCUT2D eigenvalue weighted by molar-refractivity contribution is 14.1. The van der Waals surface area contributed by atoms with Gasteiger partial charge in [0.15, 0.2) is 0 Å². The second-order valence-electron chi connectivity index (χ2n) is 5.20. The first kappa shape index (κ1) is 14.6. The van der Waals surface area contributed by atoms with Crippen LogP contribution in [-0.2, 0) is 0 Å². The van der Waals surface area contributed by atoms with Gasteiger partial charge in [0.05, 0.1) is 9.26 Å². The third-order valence-electron chi connectivity index (χ3n) is 3.76. The zero-order valence-electron chi connectivity index (χ0n) is 12.1. The molecule has 0 bridgehead atoms. The summed E-state index contributed by atoms with van der Waals surface area (Å²) in [6.07, 6.45) is 3.76. The third kappa shape index (κ3) is 3.12. The summed E-state index contributed by atoms with van der Waals surface area (Å²) in [5.74, 6) is 1.75. The van der Waals surface area contributed by atoms with Crippen molar-refractivity contribution in [3.63, 3.8) is 0 Å². The molecule has 0 atom stereocenters. The molecule has 3 rings (SSSR count). The smallest absolute Gasteiger partial charge is 0.227 e. The predicted octanol–water partition coefficient (Wildman–Crippen LogP) is 3.78. The zero-order valence-corrected chi connectivity index (χ0v) is 14.3. The lowest BCUT2D eigenvalue weighted by molar-refractivity contribution is 0.568. The van der Waals surface area contributed by atoms with E-state index in [-0.39, 0.29) is 0 Å². The van der Waals surface area contributed by atoms with Crippen LogP contribution in [0.2, 0.25) is 0 Å². The average Bonchev–Trinajstić information content (AvgIpc) is 2.56. The Kier molecular flexibility index (Phi) is 4.57. The van der Waals surface area contributed by atoms with Crippen molar-refractivity contribution >= 4 is 34.4 Å². The van der Waals surface area contributed by atoms with Crippen molar-refractivity contribution in [1.29, 1.82) is 0 Å². The van der Waals surface area contributed by atoms with Crippen molar-refractivity contribution in [2.45, 2.75) is 19.3 Å². The molecule has 0 aliphatic carbocycles. The molecule has 1 saturated heterocycles. The monoisotopic (exact) mass is 394 g/mol. The lowest BCUT2D eigenvalue weighted by Gasteiger charge is -2.27. The number of hydrogen-bond acceptors (Lipinski definition) is 4. The van der Waals surface area contributed by atoms with Crippen LogP contribution < -0.4 is 10.2 Å². The van der Waals surface area contributed by atoms with Crippen LogP contribution in [0.25, 0.3) is 11.3 Å². The molecule has 0 spiro atoms. The van der Waals surface area contributed by atoms with Gasteiger partial charge in [-0.25, -0.2) is 4.98 Å². The number of nitrogens with one attached hydrogen (secondary N) is 1. The van der Waals surface area contributed by atoms with Gasteiger partial charge in [-0.2, -0.15) is 4.98 Å². The van der Waals surface area contributed by atoms with Gasteiger partial charge in [0.2, 0.25) is 5.95 Å². The van der Waals surface area contributed by atoms with Crippen LogP contribution in [0.15, 0.2) is 30.3 Å². The Hall–Kier alpha value is -1.37. The summed E-state index contributed by atoms with van der Waals surface area (Å²) >= 11 is 2.33. The Morgan fingerprint density at radius 3 is 2.43 bits per heavy atom. The van der Waals surface area contributed by atoms with Crippen LogP contribution in [0, 0.1) is 3.57 Å². The maximum Gasteiger partial charge on any atom is 0.227 e. The number of piperidine rings is 1. The number of aromatic nitrogens is 2. The summed E-state index contributed by atoms with van der Waals surface area (Å²) < 4.78 is 1.07. The molecular formula is C16H19IN4. The van der Waals surface area contributed by atoms with E-state index < -0.39 is 0 Å². The molecule has 1 N–H and O–H groups in total. The Morgan fingerprint density at radius 1 is 1.05 bits per heavy atom. The van der Waals surface area contributed by atoms with Gasteiger partial charge >= 0.3 is 0 Å². The molecule has 0 radical (unpaired) electrons. The summed E-state index contributed by atoms with van der Waals surface area (Å²) in [5.41, 5.74) is 2.15. The first-order valence-electron chi connectivity index (χ1n) is 7.35. The summed E-state index contributed by atoms with van der Waals surface area (Å²) in [4.78, 5) is 11.8. The number of hydrogen-bond donors (Lipinski definition) is 1. The molecule has 0 saturated carbocycles. The molecule has 21 heavy (non-hydrogen) atoms. The fourth-order valence-electron chi connectivity index (χ4n) is 2.62. The summed E-state index contributed by atoms with van der Waals surface area (Å²) in [6, 6.07) is 10.3. The van der Waals surface area contributed by atoms with Crippen LogP contribution in [0.5, 0.6) is 0 Å². The first-order chi connectivity index (χ1) is 10.3. The zero-order chi connectivity index (χ0) is 14.7. The van der Waals surface area contributed by atoms with E-state index in [1.54, 1.807) is 0 Å². The van der Waals surface area contributed by atoms with Gasteiger partial charge in [-0.05, 0) is 41.9 Å². The van der Waals surface area contributed by atoms with Gasteiger partial charge in [0.1, 0.15) is 5.82 Å². The Morgan fingerprint density at radius 2 is 1.76 bits per heavy atom. The minimum absolute atomic E-state index is 0.846. The molecule has 1 aromatic heterocycles. The lowest BCUT2D eigenvalue weighted by atomic mass is 10.1. The van der Waals surface area contributed by atoms with E-state index in [9.17, 15) is 0 Å². The second kappa shape index (κ2) is 6.60. The fraction of sp³-hybridized carbons (Fsp3) is 0.375. The van der Waals surface area contributed by atoms with E-state index in [0.717, 1.165) is 39.7 Å². The largest absolute Gasteiger partial charge is 0.372 e. The first-order valence-corrected chi connectivity index (χ1v) is 8.43. The maximum absolute atomic E-state index is 4.84. The van der Waals surface area contributed by atoms with Crippen LogP contribution in [0.4, 0.5) is 11.8 Å². The Labute approximate surface area is 139 Å². The summed E-state index contributed by atoms with van der Waals surface area (Å²) in [6.45, 7) is 2.11. The molecule has 2 aromatic rings. The SMILES string of the molecule is CNc1nc(N2CCCCC2)nc(-c2ccccc2)c1I. The highest BCUT2D eigenvalue weighted by atomic mass is 127. The van der Waals surface area contributed by atoms with Gasteiger partial charge in [0, 0.05) is 25.7 Å². The van der Waals surface area contributed by atoms with Crippen LogP contribution >= 0.6 is 22.6 Å². The summed E-state index contributed by atoms with van der Waals surface area (Å²) in [5, 5.41) is 3.20. The molecule has 1 fully saturated rings. The van der Waals surface area contributed by atoms with E-state index in [0.29, 0.717) is 0 Å². The standard InChI is InChI=1S/C16H19IN4/c1-18-15-13(17)14(12-8-4-2-5-9-12)19-16(20-15)21-10-6-3-7-11-21/h2,4-5,8-9H,3,6-7,10-11H2,1H3,(H,18,19,20). The van der Waals surface area contributed by atoms with Crippen LogP contribution in [0.1, 0.15) is 19.3 Å². The molecule has 0 unspecified atom stereocenters. The number of benzene rings is 1. The highest BCUT2D eigenvalue weighted by Gasteiger charge is 2.18. The summed E-state index contributed by atoms with van der Waals surface area (Å²) in [7, 11) is 1.92. The predicted molar refractivity (Wildman–Crippen MR) is 95.8 cm³/mol. The molecule has 2 heterocycles. The average molecular weight is 394 g/mol. The van der Waals surface area contributed by atoms with Crippen molar-refractivity contribution in [2.75, 3.05) is 30.4 Å². The third-order valence-corrected chi connectivity index (χ3v) is 4.78. The van der Waals surface area contributed by atoms with Gasteiger partial charge in [-0.3, -0.25) is 0 Å². The van der Waals surface area contributed by atoms with E-state index in [2.05, 4.69) is 44.9 Å². The minimum atomic E-state index is 0.846. The van der Waals surface area contributed by atoms with Crippen LogP contribution in [0.3, 0.4) is 0 Å². The number of halogens is 1. The Balaban J connectivity index is 2.06. The fourth-order valence-corrected chi connectivity index (χ4v) is 3.45. The minimum Gasteiger partial charge on any atom is -0.372 e. The maximum atomic E-state index is 4.84. The second-order valence-corrected chi connectivity index (χ2v) is 6.28. The number of nitrogens with zero attached hydrogens (tertiary/aromatic N) is 3.